The SMILES string of the molecule is O=C(O)CN1CCCC(NC2CC2)C1. The van der Waals surface area contributed by atoms with E-state index in [9.17, 15) is 4.79 Å². The van der Waals surface area contributed by atoms with Gasteiger partial charge in [-0.3, -0.25) is 9.69 Å². The number of piperidine rings is 1. The Morgan fingerprint density at radius 1 is 1.36 bits per heavy atom. The number of nitrogens with one attached hydrogen (secondary N) is 1. The molecule has 1 atom stereocenters. The van der Waals surface area contributed by atoms with E-state index in [1.165, 1.54) is 19.3 Å². The largest absolute Gasteiger partial charge is 0.480 e. The summed E-state index contributed by atoms with van der Waals surface area (Å²) < 4.78 is 0. The van der Waals surface area contributed by atoms with Crippen molar-refractivity contribution < 1.29 is 9.90 Å². The molecule has 4 heteroatoms. The molecule has 0 aromatic rings. The zero-order chi connectivity index (χ0) is 9.97. The van der Waals surface area contributed by atoms with Gasteiger partial charge in [0.05, 0.1) is 6.54 Å². The summed E-state index contributed by atoms with van der Waals surface area (Å²) in [5.41, 5.74) is 0. The van der Waals surface area contributed by atoms with Crippen LogP contribution in [0.5, 0.6) is 0 Å². The second kappa shape index (κ2) is 4.28. The number of aliphatic carboxylic acids is 1. The number of nitrogens with zero attached hydrogens (tertiary/aromatic N) is 1. The summed E-state index contributed by atoms with van der Waals surface area (Å²) in [6.45, 7) is 2.04. The van der Waals surface area contributed by atoms with Crippen molar-refractivity contribution in [3.63, 3.8) is 0 Å². The van der Waals surface area contributed by atoms with Gasteiger partial charge in [-0.2, -0.15) is 0 Å². The van der Waals surface area contributed by atoms with Crippen LogP contribution in [-0.2, 0) is 4.79 Å². The van der Waals surface area contributed by atoms with Gasteiger partial charge >= 0.3 is 5.97 Å². The van der Waals surface area contributed by atoms with Gasteiger partial charge in [0.1, 0.15) is 0 Å². The number of likely N-dealkylation sites (tertiary alicyclic amines) is 1. The first-order valence-corrected chi connectivity index (χ1v) is 5.44. The summed E-state index contributed by atoms with van der Waals surface area (Å²) in [6.07, 6.45) is 4.93. The lowest BCUT2D eigenvalue weighted by Gasteiger charge is -2.32. The third-order valence-corrected chi connectivity index (χ3v) is 2.91. The summed E-state index contributed by atoms with van der Waals surface area (Å²) in [6, 6.07) is 1.25. The normalized spacial score (nSPS) is 29.0. The summed E-state index contributed by atoms with van der Waals surface area (Å²) in [5, 5.41) is 12.2. The molecule has 0 aromatic carbocycles. The first-order chi connectivity index (χ1) is 6.74. The maximum absolute atomic E-state index is 10.5. The van der Waals surface area contributed by atoms with Gasteiger partial charge in [-0.15, -0.1) is 0 Å². The molecule has 2 fully saturated rings. The Morgan fingerprint density at radius 3 is 2.79 bits per heavy atom. The van der Waals surface area contributed by atoms with E-state index in [0.29, 0.717) is 6.04 Å². The Bertz CT molecular complexity index is 216. The van der Waals surface area contributed by atoms with Crippen LogP contribution in [0.4, 0.5) is 0 Å². The number of carbonyl (C=O) groups is 1. The molecule has 14 heavy (non-hydrogen) atoms. The summed E-state index contributed by atoms with van der Waals surface area (Å²) in [4.78, 5) is 12.6. The van der Waals surface area contributed by atoms with E-state index >= 15 is 0 Å². The Kier molecular flexibility index (Phi) is 3.03. The van der Waals surface area contributed by atoms with Crippen LogP contribution in [0, 0.1) is 0 Å². The Labute approximate surface area is 84.3 Å². The standard InChI is InChI=1S/C10H18N2O2/c13-10(14)7-12-5-1-2-9(6-12)11-8-3-4-8/h8-9,11H,1-7H2,(H,13,14). The van der Waals surface area contributed by atoms with Crippen molar-refractivity contribution in [1.82, 2.24) is 10.2 Å². The third-order valence-electron chi connectivity index (χ3n) is 2.91. The van der Waals surface area contributed by atoms with Crippen LogP contribution in [0.2, 0.25) is 0 Å². The highest BCUT2D eigenvalue weighted by Crippen LogP contribution is 2.21. The highest BCUT2D eigenvalue weighted by Gasteiger charge is 2.27. The van der Waals surface area contributed by atoms with Crippen LogP contribution in [0.25, 0.3) is 0 Å². The van der Waals surface area contributed by atoms with Crippen LogP contribution < -0.4 is 5.32 Å². The molecular formula is C10H18N2O2. The maximum atomic E-state index is 10.5. The van der Waals surface area contributed by atoms with Gasteiger partial charge in [-0.25, -0.2) is 0 Å². The third kappa shape index (κ3) is 2.96. The molecule has 2 N–H and O–H groups in total. The van der Waals surface area contributed by atoms with Gasteiger partial charge in [0.25, 0.3) is 0 Å². The van der Waals surface area contributed by atoms with Crippen molar-refractivity contribution in [1.29, 1.82) is 0 Å². The van der Waals surface area contributed by atoms with E-state index in [-0.39, 0.29) is 6.54 Å². The molecule has 1 saturated carbocycles. The van der Waals surface area contributed by atoms with E-state index in [1.807, 2.05) is 4.90 Å². The summed E-state index contributed by atoms with van der Waals surface area (Å²) in [7, 11) is 0. The topological polar surface area (TPSA) is 52.6 Å². The van der Waals surface area contributed by atoms with Crippen LogP contribution in [0.15, 0.2) is 0 Å². The predicted molar refractivity (Wildman–Crippen MR) is 53.3 cm³/mol. The number of rotatable bonds is 4. The van der Waals surface area contributed by atoms with Gasteiger partial charge in [-0.1, -0.05) is 0 Å². The number of carboxylic acid groups (broad SMARTS) is 1. The molecule has 1 aliphatic carbocycles. The molecule has 2 aliphatic rings. The highest BCUT2D eigenvalue weighted by atomic mass is 16.4. The quantitative estimate of drug-likeness (QED) is 0.681. The second-order valence-electron chi connectivity index (χ2n) is 4.41. The van der Waals surface area contributed by atoms with Crippen LogP contribution in [0.1, 0.15) is 25.7 Å². The fourth-order valence-corrected chi connectivity index (χ4v) is 2.11. The smallest absolute Gasteiger partial charge is 0.317 e. The average molecular weight is 198 g/mol. The van der Waals surface area contributed by atoms with Gasteiger partial charge in [0.15, 0.2) is 0 Å². The molecule has 0 spiro atoms. The Balaban J connectivity index is 1.74. The molecular weight excluding hydrogens is 180 g/mol. The lowest BCUT2D eigenvalue weighted by molar-refractivity contribution is -0.138. The summed E-state index contributed by atoms with van der Waals surface area (Å²) in [5.74, 6) is -0.711. The first kappa shape index (κ1) is 9.93. The van der Waals surface area contributed by atoms with E-state index in [1.54, 1.807) is 0 Å². The van der Waals surface area contributed by atoms with Crippen molar-refractivity contribution in [2.45, 2.75) is 37.8 Å². The Morgan fingerprint density at radius 2 is 2.14 bits per heavy atom. The van der Waals surface area contributed by atoms with E-state index in [0.717, 1.165) is 25.6 Å². The predicted octanol–water partition coefficient (Wildman–Crippen LogP) is 0.287. The summed E-state index contributed by atoms with van der Waals surface area (Å²) >= 11 is 0. The van der Waals surface area contributed by atoms with E-state index < -0.39 is 5.97 Å². The molecule has 2 rings (SSSR count). The van der Waals surface area contributed by atoms with Crippen molar-refractivity contribution >= 4 is 5.97 Å². The number of carboxylic acids is 1. The van der Waals surface area contributed by atoms with Crippen molar-refractivity contribution in [3.05, 3.63) is 0 Å². The average Bonchev–Trinajstić information content (AvgIpc) is 2.87. The van der Waals surface area contributed by atoms with Gasteiger partial charge in [-0.05, 0) is 32.2 Å². The molecule has 0 radical (unpaired) electrons. The fraction of sp³-hybridized carbons (Fsp3) is 0.900. The van der Waals surface area contributed by atoms with E-state index in [4.69, 9.17) is 5.11 Å². The molecule has 4 nitrogen and oxygen atoms in total. The highest BCUT2D eigenvalue weighted by molar-refractivity contribution is 5.69. The minimum atomic E-state index is -0.711. The molecule has 1 unspecified atom stereocenters. The molecule has 1 saturated heterocycles. The van der Waals surface area contributed by atoms with Crippen LogP contribution >= 0.6 is 0 Å². The monoisotopic (exact) mass is 198 g/mol. The minimum absolute atomic E-state index is 0.197. The lowest BCUT2D eigenvalue weighted by Crippen LogP contribution is -2.47. The van der Waals surface area contributed by atoms with Gasteiger partial charge in [0, 0.05) is 18.6 Å². The molecule has 0 amide bonds. The van der Waals surface area contributed by atoms with Crippen molar-refractivity contribution in [3.8, 4) is 0 Å². The zero-order valence-corrected chi connectivity index (χ0v) is 8.41. The van der Waals surface area contributed by atoms with Crippen LogP contribution in [0.3, 0.4) is 0 Å². The van der Waals surface area contributed by atoms with Crippen molar-refractivity contribution in [2.75, 3.05) is 19.6 Å². The molecule has 1 aliphatic heterocycles. The zero-order valence-electron chi connectivity index (χ0n) is 8.41. The first-order valence-electron chi connectivity index (χ1n) is 5.44. The molecule has 0 bridgehead atoms. The number of hydrogen-bond donors (Lipinski definition) is 2. The van der Waals surface area contributed by atoms with E-state index in [2.05, 4.69) is 5.32 Å². The van der Waals surface area contributed by atoms with Gasteiger partial charge < -0.3 is 10.4 Å². The minimum Gasteiger partial charge on any atom is -0.480 e. The fourth-order valence-electron chi connectivity index (χ4n) is 2.11. The molecule has 0 aromatic heterocycles. The second-order valence-corrected chi connectivity index (χ2v) is 4.41. The maximum Gasteiger partial charge on any atom is 0.317 e. The van der Waals surface area contributed by atoms with Gasteiger partial charge in [0.2, 0.25) is 0 Å². The number of hydrogen-bond acceptors (Lipinski definition) is 3. The molecule has 80 valence electrons. The van der Waals surface area contributed by atoms with Crippen molar-refractivity contribution in [2.24, 2.45) is 0 Å². The molecule has 1 heterocycles. The Hall–Kier alpha value is -0.610. The lowest BCUT2D eigenvalue weighted by atomic mass is 10.1. The van der Waals surface area contributed by atoms with Crippen LogP contribution in [-0.4, -0.2) is 47.7 Å².